The molecule has 1 saturated heterocycles. The molecular weight excluding hydrogens is 962 g/mol. The summed E-state index contributed by atoms with van der Waals surface area (Å²) in [4.78, 5) is 76.0. The van der Waals surface area contributed by atoms with Gasteiger partial charge in [0.05, 0.1) is 44.4 Å². The Kier molecular flexibility index (Phi) is 26.6. The summed E-state index contributed by atoms with van der Waals surface area (Å²) in [5, 5.41) is 33.9. The lowest BCUT2D eigenvalue weighted by atomic mass is 9.96. The van der Waals surface area contributed by atoms with Crippen molar-refractivity contribution in [3.05, 3.63) is 17.5 Å². The van der Waals surface area contributed by atoms with Crippen LogP contribution in [-0.2, 0) is 59.3 Å². The number of carbonyl (C=O) groups is 6. The molecule has 2 atom stereocenters. The van der Waals surface area contributed by atoms with Crippen LogP contribution >= 0.6 is 0 Å². The molecule has 26 heteroatoms. The SMILES string of the molecule is O=C(O)CN1CCN(CC(=O)O)CCN(C(CCC(=O)NCCCC(=O)CCOCCOCCCC(=O)CCS(=O)(=O)c2c(F)c(F)c(NS(=O)O)c(F)c2NC2CCCCCCC2)C(=O)O)CC1. The molecule has 69 heavy (non-hydrogen) atoms. The second-order valence-electron chi connectivity index (χ2n) is 17.0. The van der Waals surface area contributed by atoms with E-state index in [2.05, 4.69) is 10.6 Å². The Hall–Kier alpha value is -4.31. The van der Waals surface area contributed by atoms with Crippen LogP contribution in [0.2, 0.25) is 0 Å². The normalized spacial score (nSPS) is 17.0. The van der Waals surface area contributed by atoms with E-state index < -0.39 is 109 Å². The minimum absolute atomic E-state index is 0.0457. The number of carboxylic acid groups (broad SMARTS) is 3. The Balaban J connectivity index is 1.32. The predicted octanol–water partition coefficient (Wildman–Crippen LogP) is 2.90. The summed E-state index contributed by atoms with van der Waals surface area (Å²) >= 11 is -3.01. The maximum Gasteiger partial charge on any atom is 0.320 e. The van der Waals surface area contributed by atoms with Crippen LogP contribution < -0.4 is 15.4 Å². The van der Waals surface area contributed by atoms with Gasteiger partial charge in [-0.2, -0.15) is 0 Å². The number of Topliss-reactive ketones (excluding diaryl/α,β-unsaturated/α-hetero) is 2. The van der Waals surface area contributed by atoms with Gasteiger partial charge in [-0.15, -0.1) is 0 Å². The molecule has 1 saturated carbocycles. The Morgan fingerprint density at radius 3 is 1.81 bits per heavy atom. The molecule has 1 aliphatic carbocycles. The van der Waals surface area contributed by atoms with Crippen molar-refractivity contribution >= 4 is 67.9 Å². The van der Waals surface area contributed by atoms with E-state index in [0.717, 1.165) is 32.1 Å². The van der Waals surface area contributed by atoms with Crippen molar-refractivity contribution in [1.82, 2.24) is 20.0 Å². The molecule has 0 aromatic heterocycles. The summed E-state index contributed by atoms with van der Waals surface area (Å²) in [6.45, 7) is 1.51. The highest BCUT2D eigenvalue weighted by Gasteiger charge is 2.35. The molecule has 0 spiro atoms. The Morgan fingerprint density at radius 2 is 1.23 bits per heavy atom. The van der Waals surface area contributed by atoms with Crippen molar-refractivity contribution in [3.8, 4) is 0 Å². The molecule has 0 radical (unpaired) electrons. The molecule has 7 N–H and O–H groups in total. The van der Waals surface area contributed by atoms with Gasteiger partial charge in [0.2, 0.25) is 5.91 Å². The number of aliphatic carboxylic acids is 3. The van der Waals surface area contributed by atoms with E-state index in [1.54, 1.807) is 19.4 Å². The lowest BCUT2D eigenvalue weighted by molar-refractivity contribution is -0.144. The van der Waals surface area contributed by atoms with Crippen LogP contribution in [0.5, 0.6) is 0 Å². The molecule has 0 bridgehead atoms. The number of anilines is 2. The third-order valence-electron chi connectivity index (χ3n) is 11.7. The van der Waals surface area contributed by atoms with E-state index in [-0.39, 0.29) is 117 Å². The second kappa shape index (κ2) is 31.1. The lowest BCUT2D eigenvalue weighted by Gasteiger charge is -2.30. The van der Waals surface area contributed by atoms with Gasteiger partial charge in [0.15, 0.2) is 27.3 Å². The lowest BCUT2D eigenvalue weighted by Crippen LogP contribution is -2.47. The maximum atomic E-state index is 15.6. The fourth-order valence-electron chi connectivity index (χ4n) is 8.02. The molecule has 1 amide bonds. The highest BCUT2D eigenvalue weighted by molar-refractivity contribution is 7.91. The topological polar surface area (TPSA) is 299 Å². The molecule has 2 aliphatic rings. The third kappa shape index (κ3) is 22.1. The van der Waals surface area contributed by atoms with Crippen molar-refractivity contribution in [2.24, 2.45) is 0 Å². The van der Waals surface area contributed by atoms with Crippen LogP contribution in [-0.4, -0.2) is 186 Å². The molecule has 21 nitrogen and oxygen atoms in total. The van der Waals surface area contributed by atoms with E-state index in [1.165, 1.54) is 0 Å². The summed E-state index contributed by atoms with van der Waals surface area (Å²) in [5.41, 5.74) is -2.17. The number of hydrogen-bond acceptors (Lipinski definition) is 15. The molecule has 1 aliphatic heterocycles. The summed E-state index contributed by atoms with van der Waals surface area (Å²) in [5.74, 6) is -10.8. The van der Waals surface area contributed by atoms with Gasteiger partial charge >= 0.3 is 17.9 Å². The van der Waals surface area contributed by atoms with Gasteiger partial charge in [-0.3, -0.25) is 52.7 Å². The molecule has 3 rings (SSSR count). The van der Waals surface area contributed by atoms with Gasteiger partial charge in [0, 0.05) is 90.6 Å². The highest BCUT2D eigenvalue weighted by Crippen LogP contribution is 2.38. The largest absolute Gasteiger partial charge is 0.480 e. The summed E-state index contributed by atoms with van der Waals surface area (Å²) in [6, 6.07) is -1.56. The van der Waals surface area contributed by atoms with E-state index in [0.29, 0.717) is 32.4 Å². The zero-order valence-corrected chi connectivity index (χ0v) is 40.4. The Morgan fingerprint density at radius 1 is 0.681 bits per heavy atom. The van der Waals surface area contributed by atoms with Crippen LogP contribution in [0.4, 0.5) is 24.5 Å². The first-order valence-electron chi connectivity index (χ1n) is 23.2. The van der Waals surface area contributed by atoms with Gasteiger partial charge in [-0.05, 0) is 32.1 Å². The number of amides is 1. The van der Waals surface area contributed by atoms with Crippen molar-refractivity contribution in [1.29, 1.82) is 0 Å². The number of carbonyl (C=O) groups excluding carboxylic acids is 3. The number of carboxylic acids is 3. The van der Waals surface area contributed by atoms with Gasteiger partial charge in [-0.1, -0.05) is 32.1 Å². The quantitative estimate of drug-likeness (QED) is 0.0320. The van der Waals surface area contributed by atoms with Crippen LogP contribution in [0.3, 0.4) is 0 Å². The Labute approximate surface area is 402 Å². The molecule has 2 fully saturated rings. The number of ether oxygens (including phenoxy) is 2. The predicted molar refractivity (Wildman–Crippen MR) is 245 cm³/mol. The zero-order valence-electron chi connectivity index (χ0n) is 38.7. The van der Waals surface area contributed by atoms with E-state index in [4.69, 9.17) is 9.47 Å². The molecule has 1 aromatic carbocycles. The zero-order chi connectivity index (χ0) is 50.9. The van der Waals surface area contributed by atoms with Gasteiger partial charge in [-0.25, -0.2) is 25.8 Å². The maximum absolute atomic E-state index is 15.6. The van der Waals surface area contributed by atoms with Gasteiger partial charge in [0.25, 0.3) is 11.3 Å². The average molecular weight is 1030 g/mol. The molecule has 2 unspecified atom stereocenters. The second-order valence-corrected chi connectivity index (χ2v) is 19.8. The number of benzene rings is 1. The highest BCUT2D eigenvalue weighted by atomic mass is 32.2. The Bertz CT molecular complexity index is 1990. The average Bonchev–Trinajstić information content (AvgIpc) is 3.35. The molecular formula is C43H67F3N6O15S2. The number of sulfone groups is 1. The van der Waals surface area contributed by atoms with Crippen LogP contribution in [0, 0.1) is 17.5 Å². The summed E-state index contributed by atoms with van der Waals surface area (Å²) < 4.78 is 106. The fourth-order valence-corrected chi connectivity index (χ4v) is 9.90. The van der Waals surface area contributed by atoms with Crippen LogP contribution in [0.25, 0.3) is 0 Å². The van der Waals surface area contributed by atoms with Gasteiger partial charge in [0.1, 0.15) is 28.2 Å². The number of rotatable bonds is 31. The molecule has 392 valence electrons. The number of hydrogen-bond donors (Lipinski definition) is 7. The number of ketones is 2. The summed E-state index contributed by atoms with van der Waals surface area (Å²) in [7, 11) is -4.79. The first-order chi connectivity index (χ1) is 32.8. The van der Waals surface area contributed by atoms with E-state index >= 15 is 8.78 Å². The first-order valence-corrected chi connectivity index (χ1v) is 25.9. The fraction of sp³-hybridized carbons (Fsp3) is 0.721. The van der Waals surface area contributed by atoms with Crippen molar-refractivity contribution in [2.75, 3.05) is 101 Å². The first kappa shape index (κ1) is 59.0. The minimum atomic E-state index is -4.79. The third-order valence-corrected chi connectivity index (χ3v) is 13.8. The van der Waals surface area contributed by atoms with Crippen molar-refractivity contribution < 1.29 is 83.9 Å². The van der Waals surface area contributed by atoms with Gasteiger partial charge < -0.3 is 35.4 Å². The minimum Gasteiger partial charge on any atom is -0.480 e. The monoisotopic (exact) mass is 1030 g/mol. The standard InChI is InChI=1S/C43H67F3N6O15S2/c44-37-38(45)42(41(39(46)40(37)49-68(62)63)48-30-8-4-2-1-3-5-9-30)69(64,65)27-15-32(54)11-7-23-66-25-26-67-24-14-31(53)10-6-16-47-34(55)13-12-33(43(60)61)52-21-19-50(28-35(56)57)17-18-51(20-22-52)29-36(58)59/h30,33,48-49H,1-29H2,(H,47,55)(H,56,57)(H,58,59)(H,60,61)(H,62,63). The molecule has 1 aromatic rings. The van der Waals surface area contributed by atoms with E-state index in [9.17, 15) is 65.7 Å². The summed E-state index contributed by atoms with van der Waals surface area (Å²) in [6.07, 6.45) is 5.13. The van der Waals surface area contributed by atoms with E-state index in [1.807, 2.05) is 0 Å². The number of nitrogens with zero attached hydrogens (tertiary/aromatic N) is 3. The number of halogens is 3. The molecule has 1 heterocycles. The number of nitrogens with one attached hydrogen (secondary N) is 3. The smallest absolute Gasteiger partial charge is 0.320 e. The van der Waals surface area contributed by atoms with Crippen molar-refractivity contribution in [3.63, 3.8) is 0 Å². The van der Waals surface area contributed by atoms with Crippen molar-refractivity contribution in [2.45, 2.75) is 113 Å². The van der Waals surface area contributed by atoms with Crippen LogP contribution in [0.1, 0.15) is 96.3 Å². The van der Waals surface area contributed by atoms with Crippen LogP contribution in [0.15, 0.2) is 4.90 Å².